The van der Waals surface area contributed by atoms with Gasteiger partial charge < -0.3 is 4.57 Å². The smallest absolute Gasteiger partial charge is 0.0547 e. The van der Waals surface area contributed by atoms with Gasteiger partial charge in [-0.2, -0.15) is 0 Å². The number of thiophene rings is 1. The molecule has 0 aliphatic rings. The van der Waals surface area contributed by atoms with Gasteiger partial charge in [-0.25, -0.2) is 0 Å². The van der Waals surface area contributed by atoms with E-state index < -0.39 is 0 Å². The maximum absolute atomic E-state index is 2.47. The molecule has 2 aromatic heterocycles. The van der Waals surface area contributed by atoms with Crippen LogP contribution in [-0.4, -0.2) is 4.57 Å². The fraction of sp³-hybridized carbons (Fsp3) is 0. The van der Waals surface area contributed by atoms with Crippen molar-refractivity contribution < 1.29 is 0 Å². The number of hydrogen-bond acceptors (Lipinski definition) is 1. The van der Waals surface area contributed by atoms with Crippen molar-refractivity contribution in [3.05, 3.63) is 164 Å². The van der Waals surface area contributed by atoms with Crippen molar-refractivity contribution in [1.29, 1.82) is 0 Å². The minimum absolute atomic E-state index is 1.17. The third-order valence-electron chi connectivity index (χ3n) is 9.55. The Bertz CT molecular complexity index is 2730. The van der Waals surface area contributed by atoms with E-state index in [2.05, 4.69) is 168 Å². The predicted molar refractivity (Wildman–Crippen MR) is 200 cm³/mol. The van der Waals surface area contributed by atoms with Crippen molar-refractivity contribution in [3.63, 3.8) is 0 Å². The molecular formula is C44H27NS. The van der Waals surface area contributed by atoms with Crippen molar-refractivity contribution >= 4 is 74.9 Å². The molecule has 0 aliphatic carbocycles. The van der Waals surface area contributed by atoms with Crippen LogP contribution in [0.4, 0.5) is 0 Å². The fourth-order valence-electron chi connectivity index (χ4n) is 7.49. The van der Waals surface area contributed by atoms with Gasteiger partial charge in [-0.3, -0.25) is 0 Å². The van der Waals surface area contributed by atoms with E-state index in [1.54, 1.807) is 0 Å². The normalized spacial score (nSPS) is 11.9. The zero-order chi connectivity index (χ0) is 30.2. The molecule has 2 heterocycles. The van der Waals surface area contributed by atoms with Crippen LogP contribution in [0.3, 0.4) is 0 Å². The van der Waals surface area contributed by atoms with E-state index in [0.717, 1.165) is 0 Å². The van der Waals surface area contributed by atoms with Crippen LogP contribution in [0.5, 0.6) is 0 Å². The topological polar surface area (TPSA) is 4.93 Å². The molecule has 0 N–H and O–H groups in total. The lowest BCUT2D eigenvalue weighted by Crippen LogP contribution is -1.96. The fourth-order valence-corrected chi connectivity index (χ4v) is 8.76. The molecule has 0 spiro atoms. The van der Waals surface area contributed by atoms with Crippen LogP contribution in [0.1, 0.15) is 0 Å². The number of hydrogen-bond donors (Lipinski definition) is 0. The molecule has 1 nitrogen and oxygen atoms in total. The van der Waals surface area contributed by atoms with Gasteiger partial charge in [0.2, 0.25) is 0 Å². The SMILES string of the molecule is c1ccc(-c2cc(-c3ccccc3)cc(-n3c4ccccc4c4c5ccc6ccc7c8ccccc8sc7c6c5ccc43)c2)cc1. The molecule has 10 rings (SSSR count). The van der Waals surface area contributed by atoms with Crippen molar-refractivity contribution in [3.8, 4) is 27.9 Å². The Morgan fingerprint density at radius 2 is 0.957 bits per heavy atom. The van der Waals surface area contributed by atoms with E-state index >= 15 is 0 Å². The van der Waals surface area contributed by atoms with Gasteiger partial charge >= 0.3 is 0 Å². The summed E-state index contributed by atoms with van der Waals surface area (Å²) in [6, 6.07) is 60.1. The molecule has 0 bridgehead atoms. The van der Waals surface area contributed by atoms with Crippen LogP contribution in [0.2, 0.25) is 0 Å². The second kappa shape index (κ2) is 9.90. The van der Waals surface area contributed by atoms with Crippen LogP contribution >= 0.6 is 11.3 Å². The lowest BCUT2D eigenvalue weighted by Gasteiger charge is -2.14. The first-order chi connectivity index (χ1) is 22.8. The highest BCUT2D eigenvalue weighted by Gasteiger charge is 2.18. The lowest BCUT2D eigenvalue weighted by atomic mass is 9.96. The molecule has 0 radical (unpaired) electrons. The summed E-state index contributed by atoms with van der Waals surface area (Å²) in [6.45, 7) is 0. The molecule has 214 valence electrons. The molecule has 0 unspecified atom stereocenters. The van der Waals surface area contributed by atoms with Crippen molar-refractivity contribution in [2.75, 3.05) is 0 Å². The van der Waals surface area contributed by atoms with E-state index in [0.29, 0.717) is 0 Å². The minimum atomic E-state index is 1.17. The van der Waals surface area contributed by atoms with Gasteiger partial charge in [0, 0.05) is 42.0 Å². The van der Waals surface area contributed by atoms with Gasteiger partial charge in [0.15, 0.2) is 0 Å². The second-order valence-electron chi connectivity index (χ2n) is 12.1. The maximum atomic E-state index is 2.47. The summed E-state index contributed by atoms with van der Waals surface area (Å²) in [6.07, 6.45) is 0. The Morgan fingerprint density at radius 1 is 0.370 bits per heavy atom. The van der Waals surface area contributed by atoms with Gasteiger partial charge in [-0.1, -0.05) is 127 Å². The zero-order valence-corrected chi connectivity index (χ0v) is 25.8. The van der Waals surface area contributed by atoms with E-state index in [1.807, 2.05) is 11.3 Å². The predicted octanol–water partition coefficient (Wildman–Crippen LogP) is 12.8. The molecule has 46 heavy (non-hydrogen) atoms. The summed E-state index contributed by atoms with van der Waals surface area (Å²) in [5.74, 6) is 0. The van der Waals surface area contributed by atoms with Gasteiger partial charge in [-0.05, 0) is 74.8 Å². The molecule has 0 atom stereocenters. The third kappa shape index (κ3) is 3.74. The van der Waals surface area contributed by atoms with Crippen LogP contribution in [0, 0.1) is 0 Å². The monoisotopic (exact) mass is 601 g/mol. The first-order valence-corrected chi connectivity index (χ1v) is 16.6. The number of para-hydroxylation sites is 1. The molecule has 8 aromatic carbocycles. The molecule has 0 saturated heterocycles. The van der Waals surface area contributed by atoms with Crippen LogP contribution in [0.15, 0.2) is 164 Å². The number of rotatable bonds is 3. The van der Waals surface area contributed by atoms with Crippen molar-refractivity contribution in [1.82, 2.24) is 4.57 Å². The highest BCUT2D eigenvalue weighted by Crippen LogP contribution is 2.44. The van der Waals surface area contributed by atoms with Crippen LogP contribution in [-0.2, 0) is 0 Å². The first kappa shape index (κ1) is 25.6. The summed E-state index contributed by atoms with van der Waals surface area (Å²) in [5, 5.41) is 10.5. The zero-order valence-electron chi connectivity index (χ0n) is 24.9. The van der Waals surface area contributed by atoms with Crippen molar-refractivity contribution in [2.45, 2.75) is 0 Å². The van der Waals surface area contributed by atoms with E-state index in [1.165, 1.54) is 91.5 Å². The van der Waals surface area contributed by atoms with Crippen LogP contribution < -0.4 is 0 Å². The summed E-state index contributed by atoms with van der Waals surface area (Å²) >= 11 is 1.91. The average molecular weight is 602 g/mol. The van der Waals surface area contributed by atoms with Gasteiger partial charge in [-0.15, -0.1) is 11.3 Å². The summed E-state index contributed by atoms with van der Waals surface area (Å²) in [7, 11) is 0. The highest BCUT2D eigenvalue weighted by atomic mass is 32.1. The Morgan fingerprint density at radius 3 is 1.70 bits per heavy atom. The van der Waals surface area contributed by atoms with E-state index in [4.69, 9.17) is 0 Å². The molecule has 0 aliphatic heterocycles. The number of fused-ring (bicyclic) bond motifs is 11. The van der Waals surface area contributed by atoms with Gasteiger partial charge in [0.25, 0.3) is 0 Å². The lowest BCUT2D eigenvalue weighted by molar-refractivity contribution is 1.18. The molecule has 2 heteroatoms. The van der Waals surface area contributed by atoms with Gasteiger partial charge in [0.1, 0.15) is 0 Å². The Balaban J connectivity index is 1.31. The summed E-state index contributed by atoms with van der Waals surface area (Å²) in [4.78, 5) is 0. The molecule has 0 amide bonds. The van der Waals surface area contributed by atoms with Crippen LogP contribution in [0.25, 0.3) is 91.5 Å². The van der Waals surface area contributed by atoms with E-state index in [9.17, 15) is 0 Å². The van der Waals surface area contributed by atoms with E-state index in [-0.39, 0.29) is 0 Å². The largest absolute Gasteiger partial charge is 0.309 e. The molecule has 0 saturated carbocycles. The first-order valence-electron chi connectivity index (χ1n) is 15.8. The highest BCUT2D eigenvalue weighted by molar-refractivity contribution is 7.26. The minimum Gasteiger partial charge on any atom is -0.309 e. The number of aromatic nitrogens is 1. The maximum Gasteiger partial charge on any atom is 0.0547 e. The molecule has 10 aromatic rings. The number of nitrogens with zero attached hydrogens (tertiary/aromatic N) is 1. The number of benzene rings is 8. The quantitative estimate of drug-likeness (QED) is 0.178. The summed E-state index contributed by atoms with van der Waals surface area (Å²) < 4.78 is 5.18. The third-order valence-corrected chi connectivity index (χ3v) is 10.8. The Hall–Kier alpha value is -5.70. The molecular weight excluding hydrogens is 575 g/mol. The van der Waals surface area contributed by atoms with Crippen molar-refractivity contribution in [2.24, 2.45) is 0 Å². The standard InChI is InChI=1S/C44H27NS/c1-3-11-28(12-4-1)31-25-32(29-13-5-2-6-14-29)27-33(26-31)45-39-17-9-7-16-38(39)43-36-21-19-30-20-22-37-34-15-8-10-18-41(34)46-44(37)42(30)35(36)23-24-40(43)45/h1-27H. The Kier molecular flexibility index (Phi) is 5.51. The second-order valence-corrected chi connectivity index (χ2v) is 13.2. The average Bonchev–Trinajstić information content (AvgIpc) is 3.68. The Labute approximate surface area is 270 Å². The molecule has 0 fully saturated rings. The summed E-state index contributed by atoms with van der Waals surface area (Å²) in [5.41, 5.74) is 8.45. The van der Waals surface area contributed by atoms with Gasteiger partial charge in [0.05, 0.1) is 11.0 Å².